The lowest BCUT2D eigenvalue weighted by atomic mass is 10.0. The smallest absolute Gasteiger partial charge is 0.128 e. The maximum atomic E-state index is 4.28. The van der Waals surface area contributed by atoms with Crippen LogP contribution in [0.15, 0.2) is 28.9 Å². The van der Waals surface area contributed by atoms with Crippen LogP contribution in [0, 0.1) is 13.8 Å². The third kappa shape index (κ3) is 1.97. The van der Waals surface area contributed by atoms with Gasteiger partial charge in [-0.15, -0.1) is 0 Å². The standard InChI is InChI=1S/C12H13BrN2/c1-8-4-5-10(9(2)6-8)11-7-12(13)14-15(11)3/h4-7H,1-3H3. The Morgan fingerprint density at radius 3 is 2.47 bits per heavy atom. The highest BCUT2D eigenvalue weighted by molar-refractivity contribution is 9.10. The average molecular weight is 265 g/mol. The highest BCUT2D eigenvalue weighted by Crippen LogP contribution is 2.25. The minimum absolute atomic E-state index is 0.875. The molecule has 2 aromatic rings. The Kier molecular flexibility index (Phi) is 2.65. The van der Waals surface area contributed by atoms with Crippen LogP contribution in [0.5, 0.6) is 0 Å². The van der Waals surface area contributed by atoms with Crippen LogP contribution in [-0.2, 0) is 7.05 Å². The fourth-order valence-electron chi connectivity index (χ4n) is 1.79. The van der Waals surface area contributed by atoms with Crippen LogP contribution < -0.4 is 0 Å². The number of nitrogens with zero attached hydrogens (tertiary/aromatic N) is 2. The molecule has 2 nitrogen and oxygen atoms in total. The molecule has 15 heavy (non-hydrogen) atoms. The quantitative estimate of drug-likeness (QED) is 0.772. The van der Waals surface area contributed by atoms with Crippen molar-refractivity contribution in [3.8, 4) is 11.3 Å². The summed E-state index contributed by atoms with van der Waals surface area (Å²) in [5.74, 6) is 0. The van der Waals surface area contributed by atoms with Gasteiger partial charge in [0.05, 0.1) is 5.69 Å². The predicted octanol–water partition coefficient (Wildman–Crippen LogP) is 3.47. The summed E-state index contributed by atoms with van der Waals surface area (Å²) in [6.07, 6.45) is 0. The maximum absolute atomic E-state index is 4.28. The van der Waals surface area contributed by atoms with E-state index in [-0.39, 0.29) is 0 Å². The van der Waals surface area contributed by atoms with Crippen molar-refractivity contribution in [2.75, 3.05) is 0 Å². The number of rotatable bonds is 1. The highest BCUT2D eigenvalue weighted by Gasteiger charge is 2.07. The summed E-state index contributed by atoms with van der Waals surface area (Å²) in [4.78, 5) is 0. The third-order valence-electron chi connectivity index (χ3n) is 2.51. The van der Waals surface area contributed by atoms with Gasteiger partial charge >= 0.3 is 0 Å². The third-order valence-corrected chi connectivity index (χ3v) is 2.90. The fourth-order valence-corrected chi connectivity index (χ4v) is 2.24. The molecule has 0 aliphatic rings. The van der Waals surface area contributed by atoms with E-state index in [1.165, 1.54) is 16.7 Å². The van der Waals surface area contributed by atoms with Gasteiger partial charge in [0.25, 0.3) is 0 Å². The zero-order chi connectivity index (χ0) is 11.0. The predicted molar refractivity (Wildman–Crippen MR) is 65.8 cm³/mol. The summed E-state index contributed by atoms with van der Waals surface area (Å²) >= 11 is 3.39. The lowest BCUT2D eigenvalue weighted by Gasteiger charge is -2.06. The number of aromatic nitrogens is 2. The van der Waals surface area contributed by atoms with E-state index in [0.29, 0.717) is 0 Å². The van der Waals surface area contributed by atoms with Gasteiger partial charge < -0.3 is 0 Å². The van der Waals surface area contributed by atoms with Gasteiger partial charge in [0.1, 0.15) is 4.60 Å². The first-order chi connectivity index (χ1) is 7.08. The zero-order valence-corrected chi connectivity index (χ0v) is 10.7. The summed E-state index contributed by atoms with van der Waals surface area (Å²) in [5.41, 5.74) is 4.95. The first kappa shape index (κ1) is 10.4. The number of halogens is 1. The first-order valence-electron chi connectivity index (χ1n) is 4.85. The van der Waals surface area contributed by atoms with Crippen LogP contribution in [0.1, 0.15) is 11.1 Å². The number of hydrogen-bond acceptors (Lipinski definition) is 1. The first-order valence-corrected chi connectivity index (χ1v) is 5.64. The molecule has 3 heteroatoms. The van der Waals surface area contributed by atoms with Gasteiger partial charge in [-0.3, -0.25) is 4.68 Å². The van der Waals surface area contributed by atoms with E-state index in [4.69, 9.17) is 0 Å². The second-order valence-corrected chi connectivity index (χ2v) is 4.61. The van der Waals surface area contributed by atoms with Crippen molar-refractivity contribution in [1.82, 2.24) is 9.78 Å². The monoisotopic (exact) mass is 264 g/mol. The summed E-state index contributed by atoms with van der Waals surface area (Å²) in [6, 6.07) is 8.51. The Morgan fingerprint density at radius 1 is 1.20 bits per heavy atom. The molecular formula is C12H13BrN2. The summed E-state index contributed by atoms with van der Waals surface area (Å²) < 4.78 is 2.77. The van der Waals surface area contributed by atoms with Gasteiger partial charge in [-0.25, -0.2) is 0 Å². The van der Waals surface area contributed by atoms with E-state index in [2.05, 4.69) is 53.1 Å². The highest BCUT2D eigenvalue weighted by atomic mass is 79.9. The molecule has 0 aliphatic heterocycles. The molecule has 0 N–H and O–H groups in total. The van der Waals surface area contributed by atoms with E-state index < -0.39 is 0 Å². The molecule has 1 heterocycles. The minimum Gasteiger partial charge on any atom is -0.267 e. The summed E-state index contributed by atoms with van der Waals surface area (Å²) in [6.45, 7) is 4.24. The van der Waals surface area contributed by atoms with E-state index in [1.807, 2.05) is 17.8 Å². The Hall–Kier alpha value is -1.09. The summed E-state index contributed by atoms with van der Waals surface area (Å²) in [7, 11) is 1.96. The fraction of sp³-hybridized carbons (Fsp3) is 0.250. The molecular weight excluding hydrogens is 252 g/mol. The normalized spacial score (nSPS) is 10.7. The van der Waals surface area contributed by atoms with Gasteiger partial charge in [0, 0.05) is 12.6 Å². The van der Waals surface area contributed by atoms with Crippen molar-refractivity contribution in [2.45, 2.75) is 13.8 Å². The van der Waals surface area contributed by atoms with Crippen molar-refractivity contribution < 1.29 is 0 Å². The van der Waals surface area contributed by atoms with Crippen LogP contribution in [0.4, 0.5) is 0 Å². The number of aryl methyl sites for hydroxylation is 3. The minimum atomic E-state index is 0.875. The molecule has 0 amide bonds. The molecule has 1 aromatic carbocycles. The Bertz CT molecular complexity index is 500. The molecule has 0 saturated heterocycles. The Balaban J connectivity index is 2.59. The Morgan fingerprint density at radius 2 is 1.93 bits per heavy atom. The SMILES string of the molecule is Cc1ccc(-c2cc(Br)nn2C)c(C)c1. The van der Waals surface area contributed by atoms with Gasteiger partial charge in [-0.1, -0.05) is 23.8 Å². The Labute approximate surface area is 98.1 Å². The molecule has 0 fully saturated rings. The molecule has 1 aromatic heterocycles. The van der Waals surface area contributed by atoms with Crippen LogP contribution in [0.2, 0.25) is 0 Å². The van der Waals surface area contributed by atoms with Gasteiger partial charge in [0.15, 0.2) is 0 Å². The molecule has 0 bridgehead atoms. The van der Waals surface area contributed by atoms with E-state index in [9.17, 15) is 0 Å². The van der Waals surface area contributed by atoms with E-state index >= 15 is 0 Å². The number of benzene rings is 1. The molecule has 0 atom stereocenters. The maximum Gasteiger partial charge on any atom is 0.128 e. The average Bonchev–Trinajstić information content (AvgIpc) is 2.45. The van der Waals surface area contributed by atoms with Crippen LogP contribution in [-0.4, -0.2) is 9.78 Å². The van der Waals surface area contributed by atoms with Crippen molar-refractivity contribution >= 4 is 15.9 Å². The van der Waals surface area contributed by atoms with Crippen molar-refractivity contribution in [1.29, 1.82) is 0 Å². The molecule has 0 saturated carbocycles. The largest absolute Gasteiger partial charge is 0.267 e. The van der Waals surface area contributed by atoms with Crippen molar-refractivity contribution in [2.24, 2.45) is 7.05 Å². The van der Waals surface area contributed by atoms with Crippen molar-refractivity contribution in [3.05, 3.63) is 40.0 Å². The zero-order valence-electron chi connectivity index (χ0n) is 9.08. The van der Waals surface area contributed by atoms with Crippen LogP contribution in [0.3, 0.4) is 0 Å². The van der Waals surface area contributed by atoms with E-state index in [1.54, 1.807) is 0 Å². The van der Waals surface area contributed by atoms with Crippen LogP contribution in [0.25, 0.3) is 11.3 Å². The molecule has 0 aliphatic carbocycles. The van der Waals surface area contributed by atoms with Crippen LogP contribution >= 0.6 is 15.9 Å². The lowest BCUT2D eigenvalue weighted by molar-refractivity contribution is 0.768. The van der Waals surface area contributed by atoms with Gasteiger partial charge in [-0.2, -0.15) is 5.10 Å². The van der Waals surface area contributed by atoms with Crippen molar-refractivity contribution in [3.63, 3.8) is 0 Å². The lowest BCUT2D eigenvalue weighted by Crippen LogP contribution is -1.95. The molecule has 2 rings (SSSR count). The number of hydrogen-bond donors (Lipinski definition) is 0. The molecule has 0 unspecified atom stereocenters. The van der Waals surface area contributed by atoms with Gasteiger partial charge in [-0.05, 0) is 41.4 Å². The topological polar surface area (TPSA) is 17.8 Å². The summed E-state index contributed by atoms with van der Waals surface area (Å²) in [5, 5.41) is 4.28. The van der Waals surface area contributed by atoms with Gasteiger partial charge in [0.2, 0.25) is 0 Å². The second-order valence-electron chi connectivity index (χ2n) is 3.79. The van der Waals surface area contributed by atoms with E-state index in [0.717, 1.165) is 10.3 Å². The molecule has 78 valence electrons. The molecule has 0 radical (unpaired) electrons. The molecule has 0 spiro atoms. The second kappa shape index (κ2) is 3.81.